The van der Waals surface area contributed by atoms with Crippen LogP contribution >= 0.6 is 0 Å². The zero-order valence-corrected chi connectivity index (χ0v) is 7.87. The lowest BCUT2D eigenvalue weighted by atomic mass is 9.86. The zero-order chi connectivity index (χ0) is 10.1. The number of rotatable bonds is 2. The van der Waals surface area contributed by atoms with Gasteiger partial charge in [0.2, 0.25) is 0 Å². The smallest absolute Gasteiger partial charge is 0.129 e. The van der Waals surface area contributed by atoms with Crippen LogP contribution in [0.1, 0.15) is 19.4 Å². The molecular formula is C10H14N2O. The predicted molar refractivity (Wildman–Crippen MR) is 54.4 cm³/mol. The molecule has 1 rings (SSSR count). The van der Waals surface area contributed by atoms with Gasteiger partial charge in [-0.2, -0.15) is 0 Å². The first kappa shape index (κ1) is 9.58. The molecule has 0 radical (unpaired) electrons. The second-order valence-electron chi connectivity index (χ2n) is 3.68. The first-order valence-corrected chi connectivity index (χ1v) is 4.09. The monoisotopic (exact) mass is 178 g/mol. The van der Waals surface area contributed by atoms with E-state index in [1.54, 1.807) is 12.1 Å². The van der Waals surface area contributed by atoms with Gasteiger partial charge in [-0.1, -0.05) is 6.07 Å². The van der Waals surface area contributed by atoms with Crippen molar-refractivity contribution in [1.29, 1.82) is 0 Å². The van der Waals surface area contributed by atoms with Crippen molar-refractivity contribution in [2.75, 3.05) is 11.5 Å². The van der Waals surface area contributed by atoms with Crippen LogP contribution in [0.3, 0.4) is 0 Å². The van der Waals surface area contributed by atoms with Gasteiger partial charge in [0.25, 0.3) is 0 Å². The molecule has 13 heavy (non-hydrogen) atoms. The van der Waals surface area contributed by atoms with E-state index >= 15 is 0 Å². The fraction of sp³-hybridized carbons (Fsp3) is 0.300. The van der Waals surface area contributed by atoms with E-state index < -0.39 is 5.41 Å². The van der Waals surface area contributed by atoms with Gasteiger partial charge < -0.3 is 16.3 Å². The van der Waals surface area contributed by atoms with Crippen molar-refractivity contribution in [2.24, 2.45) is 0 Å². The largest absolute Gasteiger partial charge is 0.397 e. The highest BCUT2D eigenvalue weighted by molar-refractivity contribution is 5.71. The van der Waals surface area contributed by atoms with Gasteiger partial charge in [-0.05, 0) is 31.5 Å². The summed E-state index contributed by atoms with van der Waals surface area (Å²) in [6, 6.07) is 5.28. The molecule has 0 spiro atoms. The Labute approximate surface area is 77.7 Å². The molecule has 0 heterocycles. The number of carbonyl (C=O) groups excluding carboxylic acids is 1. The minimum atomic E-state index is -0.498. The Hall–Kier alpha value is -1.51. The summed E-state index contributed by atoms with van der Waals surface area (Å²) < 4.78 is 0. The first-order chi connectivity index (χ1) is 5.97. The third-order valence-corrected chi connectivity index (χ3v) is 2.13. The van der Waals surface area contributed by atoms with E-state index in [-0.39, 0.29) is 0 Å². The Kier molecular flexibility index (Phi) is 2.28. The second kappa shape index (κ2) is 3.09. The number of nitrogens with two attached hydrogens (primary N) is 2. The fourth-order valence-electron chi connectivity index (χ4n) is 1.04. The molecule has 0 saturated carbocycles. The van der Waals surface area contributed by atoms with Crippen molar-refractivity contribution in [1.82, 2.24) is 0 Å². The lowest BCUT2D eigenvalue weighted by Gasteiger charge is -2.18. The van der Waals surface area contributed by atoms with Crippen LogP contribution in [-0.2, 0) is 10.2 Å². The summed E-state index contributed by atoms with van der Waals surface area (Å²) in [5.74, 6) is 0. The van der Waals surface area contributed by atoms with Crippen LogP contribution in [0.2, 0.25) is 0 Å². The molecule has 4 N–H and O–H groups in total. The summed E-state index contributed by atoms with van der Waals surface area (Å²) in [6.45, 7) is 3.68. The molecule has 1 aromatic rings. The molecule has 0 bridgehead atoms. The van der Waals surface area contributed by atoms with Gasteiger partial charge in [0.05, 0.1) is 11.4 Å². The fourth-order valence-corrected chi connectivity index (χ4v) is 1.04. The number of carbonyl (C=O) groups is 1. The van der Waals surface area contributed by atoms with Crippen LogP contribution in [0.15, 0.2) is 18.2 Å². The topological polar surface area (TPSA) is 69.1 Å². The molecule has 0 unspecified atom stereocenters. The van der Waals surface area contributed by atoms with E-state index in [2.05, 4.69) is 0 Å². The Morgan fingerprint density at radius 3 is 2.31 bits per heavy atom. The third kappa shape index (κ3) is 1.80. The minimum absolute atomic E-state index is 0.498. The Balaban J connectivity index is 3.18. The van der Waals surface area contributed by atoms with Crippen molar-refractivity contribution >= 4 is 17.7 Å². The molecule has 1 aromatic carbocycles. The van der Waals surface area contributed by atoms with Gasteiger partial charge in [-0.15, -0.1) is 0 Å². The SMILES string of the molecule is CC(C)(C=O)c1ccc(N)c(N)c1. The summed E-state index contributed by atoms with van der Waals surface area (Å²) in [6.07, 6.45) is 0.901. The Morgan fingerprint density at radius 1 is 1.23 bits per heavy atom. The summed E-state index contributed by atoms with van der Waals surface area (Å²) in [5, 5.41) is 0. The molecule has 0 amide bonds. The highest BCUT2D eigenvalue weighted by atomic mass is 16.1. The molecular weight excluding hydrogens is 164 g/mol. The van der Waals surface area contributed by atoms with E-state index in [1.165, 1.54) is 0 Å². The number of hydrogen-bond donors (Lipinski definition) is 2. The van der Waals surface area contributed by atoms with E-state index in [9.17, 15) is 4.79 Å². The molecule has 3 nitrogen and oxygen atoms in total. The molecule has 0 aliphatic carbocycles. The van der Waals surface area contributed by atoms with Gasteiger partial charge in [-0.3, -0.25) is 0 Å². The maximum Gasteiger partial charge on any atom is 0.129 e. The molecule has 0 aliphatic heterocycles. The summed E-state index contributed by atoms with van der Waals surface area (Å²) in [7, 11) is 0. The average Bonchev–Trinajstić information content (AvgIpc) is 2.09. The summed E-state index contributed by atoms with van der Waals surface area (Å²) in [4.78, 5) is 10.8. The first-order valence-electron chi connectivity index (χ1n) is 4.09. The highest BCUT2D eigenvalue weighted by Gasteiger charge is 2.19. The molecule has 0 aromatic heterocycles. The minimum Gasteiger partial charge on any atom is -0.397 e. The Morgan fingerprint density at radius 2 is 1.85 bits per heavy atom. The van der Waals surface area contributed by atoms with Gasteiger partial charge >= 0.3 is 0 Å². The van der Waals surface area contributed by atoms with Crippen molar-refractivity contribution in [3.8, 4) is 0 Å². The zero-order valence-electron chi connectivity index (χ0n) is 7.87. The van der Waals surface area contributed by atoms with E-state index in [1.807, 2.05) is 19.9 Å². The summed E-state index contributed by atoms with van der Waals surface area (Å²) in [5.41, 5.74) is 12.6. The number of hydrogen-bond acceptors (Lipinski definition) is 3. The normalized spacial score (nSPS) is 11.2. The number of aldehydes is 1. The molecule has 70 valence electrons. The van der Waals surface area contributed by atoms with Gasteiger partial charge in [0.15, 0.2) is 0 Å². The predicted octanol–water partition coefficient (Wildman–Crippen LogP) is 1.33. The quantitative estimate of drug-likeness (QED) is 0.530. The maximum atomic E-state index is 10.8. The lowest BCUT2D eigenvalue weighted by Crippen LogP contribution is -2.18. The number of benzene rings is 1. The molecule has 0 aliphatic rings. The van der Waals surface area contributed by atoms with Crippen LogP contribution in [-0.4, -0.2) is 6.29 Å². The number of anilines is 2. The molecule has 0 fully saturated rings. The van der Waals surface area contributed by atoms with Crippen LogP contribution in [0, 0.1) is 0 Å². The summed E-state index contributed by atoms with van der Waals surface area (Å²) >= 11 is 0. The van der Waals surface area contributed by atoms with Crippen molar-refractivity contribution < 1.29 is 4.79 Å². The van der Waals surface area contributed by atoms with E-state index in [0.29, 0.717) is 11.4 Å². The molecule has 0 saturated heterocycles. The van der Waals surface area contributed by atoms with Gasteiger partial charge in [0, 0.05) is 5.41 Å². The van der Waals surface area contributed by atoms with E-state index in [0.717, 1.165) is 11.8 Å². The van der Waals surface area contributed by atoms with Gasteiger partial charge in [-0.25, -0.2) is 0 Å². The maximum absolute atomic E-state index is 10.8. The van der Waals surface area contributed by atoms with Crippen LogP contribution < -0.4 is 11.5 Å². The third-order valence-electron chi connectivity index (χ3n) is 2.13. The Bertz CT molecular complexity index is 332. The van der Waals surface area contributed by atoms with Crippen molar-refractivity contribution in [3.63, 3.8) is 0 Å². The van der Waals surface area contributed by atoms with Crippen LogP contribution in [0.5, 0.6) is 0 Å². The van der Waals surface area contributed by atoms with Crippen molar-refractivity contribution in [2.45, 2.75) is 19.3 Å². The van der Waals surface area contributed by atoms with Gasteiger partial charge in [0.1, 0.15) is 6.29 Å². The average molecular weight is 178 g/mol. The van der Waals surface area contributed by atoms with Crippen LogP contribution in [0.4, 0.5) is 11.4 Å². The second-order valence-corrected chi connectivity index (χ2v) is 3.68. The lowest BCUT2D eigenvalue weighted by molar-refractivity contribution is -0.111. The van der Waals surface area contributed by atoms with E-state index in [4.69, 9.17) is 11.5 Å². The molecule has 0 atom stereocenters. The standard InChI is InChI=1S/C10H14N2O/c1-10(2,6-13)7-3-4-8(11)9(12)5-7/h3-6H,11-12H2,1-2H3. The van der Waals surface area contributed by atoms with Crippen LogP contribution in [0.25, 0.3) is 0 Å². The highest BCUT2D eigenvalue weighted by Crippen LogP contribution is 2.25. The molecule has 3 heteroatoms. The van der Waals surface area contributed by atoms with Crippen molar-refractivity contribution in [3.05, 3.63) is 23.8 Å². The number of nitrogen functional groups attached to an aromatic ring is 2.